The zero-order valence-corrected chi connectivity index (χ0v) is 8.15. The Morgan fingerprint density at radius 1 is 1.77 bits per heavy atom. The zero-order chi connectivity index (χ0) is 9.84. The van der Waals surface area contributed by atoms with Crippen LogP contribution >= 0.6 is 0 Å². The van der Waals surface area contributed by atoms with Crippen LogP contribution in [-0.4, -0.2) is 22.9 Å². The predicted molar refractivity (Wildman–Crippen MR) is 48.1 cm³/mol. The van der Waals surface area contributed by atoms with E-state index in [2.05, 4.69) is 9.84 Å². The van der Waals surface area contributed by atoms with Gasteiger partial charge in [0.25, 0.3) is 0 Å². The number of aromatic nitrogens is 2. The van der Waals surface area contributed by atoms with Crippen LogP contribution < -0.4 is 0 Å². The molecule has 0 aromatic carbocycles. The van der Waals surface area contributed by atoms with Gasteiger partial charge in [0.1, 0.15) is 0 Å². The number of esters is 1. The average molecular weight is 182 g/mol. The van der Waals surface area contributed by atoms with Gasteiger partial charge < -0.3 is 4.74 Å². The molecule has 0 aliphatic carbocycles. The second kappa shape index (κ2) is 4.07. The number of carbonyl (C=O) groups is 1. The van der Waals surface area contributed by atoms with E-state index in [1.165, 1.54) is 7.11 Å². The highest BCUT2D eigenvalue weighted by atomic mass is 16.5. The average Bonchev–Trinajstić information content (AvgIpc) is 2.49. The molecule has 0 saturated heterocycles. The van der Waals surface area contributed by atoms with E-state index in [9.17, 15) is 4.79 Å². The summed E-state index contributed by atoms with van der Waals surface area (Å²) in [6.45, 7) is 4.36. The zero-order valence-electron chi connectivity index (χ0n) is 8.15. The standard InChI is InChI=1S/C9H14N2O2/c1-7-4-10-11(5-7)6-8(2)9(12)13-3/h4-5,8H,6H2,1-3H3. The minimum Gasteiger partial charge on any atom is -0.469 e. The molecular weight excluding hydrogens is 168 g/mol. The quantitative estimate of drug-likeness (QED) is 0.655. The van der Waals surface area contributed by atoms with E-state index in [0.29, 0.717) is 6.54 Å². The highest BCUT2D eigenvalue weighted by Crippen LogP contribution is 2.03. The maximum absolute atomic E-state index is 11.1. The maximum Gasteiger partial charge on any atom is 0.310 e. The van der Waals surface area contributed by atoms with E-state index in [0.717, 1.165) is 5.56 Å². The lowest BCUT2D eigenvalue weighted by atomic mass is 10.2. The van der Waals surface area contributed by atoms with Crippen molar-refractivity contribution in [2.75, 3.05) is 7.11 Å². The van der Waals surface area contributed by atoms with Crippen molar-refractivity contribution in [2.24, 2.45) is 5.92 Å². The van der Waals surface area contributed by atoms with Crippen LogP contribution in [0.4, 0.5) is 0 Å². The van der Waals surface area contributed by atoms with Gasteiger partial charge >= 0.3 is 5.97 Å². The summed E-state index contributed by atoms with van der Waals surface area (Å²) in [6, 6.07) is 0. The Labute approximate surface area is 77.5 Å². The lowest BCUT2D eigenvalue weighted by Crippen LogP contribution is -2.18. The molecule has 0 aliphatic rings. The van der Waals surface area contributed by atoms with Gasteiger partial charge in [-0.15, -0.1) is 0 Å². The number of methoxy groups -OCH3 is 1. The van der Waals surface area contributed by atoms with Crippen LogP contribution in [0.15, 0.2) is 12.4 Å². The Kier molecular flexibility index (Phi) is 3.06. The second-order valence-corrected chi connectivity index (χ2v) is 3.16. The first-order valence-corrected chi connectivity index (χ1v) is 4.20. The highest BCUT2D eigenvalue weighted by Gasteiger charge is 2.13. The molecule has 1 atom stereocenters. The summed E-state index contributed by atoms with van der Waals surface area (Å²) in [5.41, 5.74) is 1.09. The number of hydrogen-bond acceptors (Lipinski definition) is 3. The van der Waals surface area contributed by atoms with Crippen molar-refractivity contribution < 1.29 is 9.53 Å². The molecule has 0 saturated carbocycles. The molecule has 0 radical (unpaired) electrons. The number of rotatable bonds is 3. The molecule has 0 amide bonds. The Balaban J connectivity index is 2.54. The summed E-state index contributed by atoms with van der Waals surface area (Å²) in [7, 11) is 1.40. The molecule has 0 bridgehead atoms. The molecule has 72 valence electrons. The summed E-state index contributed by atoms with van der Waals surface area (Å²) in [6.07, 6.45) is 3.67. The van der Waals surface area contributed by atoms with E-state index in [1.54, 1.807) is 10.9 Å². The number of ether oxygens (including phenoxy) is 1. The Morgan fingerprint density at radius 3 is 2.92 bits per heavy atom. The molecule has 1 rings (SSSR count). The van der Waals surface area contributed by atoms with Gasteiger partial charge in [0.05, 0.1) is 25.8 Å². The first kappa shape index (κ1) is 9.77. The van der Waals surface area contributed by atoms with Gasteiger partial charge in [-0.3, -0.25) is 9.48 Å². The molecule has 4 heteroatoms. The third-order valence-corrected chi connectivity index (χ3v) is 1.83. The summed E-state index contributed by atoms with van der Waals surface area (Å²) in [5.74, 6) is -0.350. The monoisotopic (exact) mass is 182 g/mol. The molecule has 1 heterocycles. The molecule has 13 heavy (non-hydrogen) atoms. The fourth-order valence-corrected chi connectivity index (χ4v) is 1.12. The minimum atomic E-state index is -0.201. The molecule has 1 aromatic rings. The Hall–Kier alpha value is -1.32. The van der Waals surface area contributed by atoms with Gasteiger partial charge in [-0.2, -0.15) is 5.10 Å². The molecule has 0 spiro atoms. The predicted octanol–water partition coefficient (Wildman–Crippen LogP) is 1.00. The van der Waals surface area contributed by atoms with E-state index in [-0.39, 0.29) is 11.9 Å². The van der Waals surface area contributed by atoms with Gasteiger partial charge in [0.15, 0.2) is 0 Å². The molecule has 0 fully saturated rings. The molecule has 0 aliphatic heterocycles. The van der Waals surface area contributed by atoms with E-state index in [4.69, 9.17) is 0 Å². The molecule has 1 aromatic heterocycles. The lowest BCUT2D eigenvalue weighted by molar-refractivity contribution is -0.145. The van der Waals surface area contributed by atoms with Crippen LogP contribution in [0, 0.1) is 12.8 Å². The van der Waals surface area contributed by atoms with Crippen molar-refractivity contribution in [3.05, 3.63) is 18.0 Å². The smallest absolute Gasteiger partial charge is 0.310 e. The van der Waals surface area contributed by atoms with Gasteiger partial charge in [0.2, 0.25) is 0 Å². The molecular formula is C9H14N2O2. The van der Waals surface area contributed by atoms with Crippen molar-refractivity contribution in [3.8, 4) is 0 Å². The topological polar surface area (TPSA) is 44.1 Å². The van der Waals surface area contributed by atoms with Crippen molar-refractivity contribution >= 4 is 5.97 Å². The largest absolute Gasteiger partial charge is 0.469 e. The van der Waals surface area contributed by atoms with E-state index < -0.39 is 0 Å². The van der Waals surface area contributed by atoms with E-state index >= 15 is 0 Å². The van der Waals surface area contributed by atoms with Gasteiger partial charge in [-0.25, -0.2) is 0 Å². The van der Waals surface area contributed by atoms with Crippen LogP contribution in [0.5, 0.6) is 0 Å². The first-order valence-electron chi connectivity index (χ1n) is 4.20. The fourth-order valence-electron chi connectivity index (χ4n) is 1.12. The van der Waals surface area contributed by atoms with E-state index in [1.807, 2.05) is 20.0 Å². The number of aryl methyl sites for hydroxylation is 1. The summed E-state index contributed by atoms with van der Waals surface area (Å²) in [5, 5.41) is 4.08. The van der Waals surface area contributed by atoms with Gasteiger partial charge in [-0.05, 0) is 12.5 Å². The lowest BCUT2D eigenvalue weighted by Gasteiger charge is -2.08. The Morgan fingerprint density at radius 2 is 2.46 bits per heavy atom. The fraction of sp³-hybridized carbons (Fsp3) is 0.556. The van der Waals surface area contributed by atoms with Crippen molar-refractivity contribution in [1.29, 1.82) is 0 Å². The number of nitrogens with zero attached hydrogens (tertiary/aromatic N) is 2. The van der Waals surface area contributed by atoms with Crippen molar-refractivity contribution in [1.82, 2.24) is 9.78 Å². The normalized spacial score (nSPS) is 12.5. The summed E-state index contributed by atoms with van der Waals surface area (Å²) in [4.78, 5) is 11.1. The van der Waals surface area contributed by atoms with Gasteiger partial charge in [-0.1, -0.05) is 6.92 Å². The number of hydrogen-bond donors (Lipinski definition) is 0. The molecule has 4 nitrogen and oxygen atoms in total. The molecule has 1 unspecified atom stereocenters. The summed E-state index contributed by atoms with van der Waals surface area (Å²) < 4.78 is 6.36. The maximum atomic E-state index is 11.1. The summed E-state index contributed by atoms with van der Waals surface area (Å²) >= 11 is 0. The van der Waals surface area contributed by atoms with Gasteiger partial charge in [0, 0.05) is 6.20 Å². The van der Waals surface area contributed by atoms with Crippen LogP contribution in [0.25, 0.3) is 0 Å². The van der Waals surface area contributed by atoms with Crippen LogP contribution in [0.2, 0.25) is 0 Å². The third-order valence-electron chi connectivity index (χ3n) is 1.83. The second-order valence-electron chi connectivity index (χ2n) is 3.16. The highest BCUT2D eigenvalue weighted by molar-refractivity contribution is 5.71. The van der Waals surface area contributed by atoms with Crippen molar-refractivity contribution in [3.63, 3.8) is 0 Å². The van der Waals surface area contributed by atoms with Crippen LogP contribution in [0.1, 0.15) is 12.5 Å². The van der Waals surface area contributed by atoms with Crippen molar-refractivity contribution in [2.45, 2.75) is 20.4 Å². The first-order chi connectivity index (χ1) is 6.13. The minimum absolute atomic E-state index is 0.149. The van der Waals surface area contributed by atoms with Crippen LogP contribution in [0.3, 0.4) is 0 Å². The third kappa shape index (κ3) is 2.57. The molecule has 0 N–H and O–H groups in total. The van der Waals surface area contributed by atoms with Crippen LogP contribution in [-0.2, 0) is 16.1 Å². The Bertz CT molecular complexity index is 294. The SMILES string of the molecule is COC(=O)C(C)Cn1cc(C)cn1. The number of carbonyl (C=O) groups excluding carboxylic acids is 1.